The van der Waals surface area contributed by atoms with E-state index in [0.717, 1.165) is 11.1 Å². The van der Waals surface area contributed by atoms with Crippen molar-refractivity contribution in [3.63, 3.8) is 0 Å². The number of likely N-dealkylation sites (N-methyl/N-ethyl adjacent to an activating group) is 1. The first-order chi connectivity index (χ1) is 12.0. The monoisotopic (exact) mass is 344 g/mol. The molecule has 0 radical (unpaired) electrons. The Labute approximate surface area is 146 Å². The lowest BCUT2D eigenvalue weighted by Gasteiger charge is -2.20. The second-order valence-electron chi connectivity index (χ2n) is 5.65. The van der Waals surface area contributed by atoms with E-state index < -0.39 is 0 Å². The molecule has 0 aliphatic heterocycles. The molecule has 6 heteroatoms. The number of nitrogens with one attached hydrogen (secondary N) is 1. The van der Waals surface area contributed by atoms with Crippen molar-refractivity contribution in [2.75, 3.05) is 13.1 Å². The summed E-state index contributed by atoms with van der Waals surface area (Å²) in [6.45, 7) is 2.47. The third-order valence-corrected chi connectivity index (χ3v) is 3.76. The molecule has 0 fully saturated rings. The van der Waals surface area contributed by atoms with E-state index >= 15 is 0 Å². The maximum Gasteiger partial charge on any atom is 0.239 e. The van der Waals surface area contributed by atoms with E-state index in [1.807, 2.05) is 6.92 Å². The Morgan fingerprint density at radius 3 is 2.24 bits per heavy atom. The van der Waals surface area contributed by atoms with Gasteiger partial charge in [0.1, 0.15) is 11.6 Å². The first-order valence-electron chi connectivity index (χ1n) is 8.04. The number of rotatable bonds is 7. The van der Waals surface area contributed by atoms with Gasteiger partial charge < -0.3 is 15.3 Å². The fraction of sp³-hybridized carbons (Fsp3) is 0.263. The lowest BCUT2D eigenvalue weighted by atomic mass is 10.1. The zero-order chi connectivity index (χ0) is 18.2. The van der Waals surface area contributed by atoms with Gasteiger partial charge in [0.25, 0.3) is 0 Å². The fourth-order valence-corrected chi connectivity index (χ4v) is 2.31. The summed E-state index contributed by atoms with van der Waals surface area (Å²) in [6, 6.07) is 12.3. The molecule has 2 amide bonds. The van der Waals surface area contributed by atoms with E-state index in [2.05, 4.69) is 5.32 Å². The summed E-state index contributed by atoms with van der Waals surface area (Å²) in [7, 11) is 0. The average molecular weight is 344 g/mol. The van der Waals surface area contributed by atoms with Crippen LogP contribution in [0.5, 0.6) is 5.75 Å². The number of nitrogens with zero attached hydrogens (tertiary/aromatic N) is 1. The number of hydrogen-bond donors (Lipinski definition) is 2. The van der Waals surface area contributed by atoms with Gasteiger partial charge >= 0.3 is 0 Å². The summed E-state index contributed by atoms with van der Waals surface area (Å²) < 4.78 is 12.8. The largest absolute Gasteiger partial charge is 0.508 e. The molecule has 0 heterocycles. The van der Waals surface area contributed by atoms with Crippen molar-refractivity contribution >= 4 is 11.8 Å². The predicted octanol–water partition coefficient (Wildman–Crippen LogP) is 2.24. The van der Waals surface area contributed by atoms with Crippen LogP contribution in [0.4, 0.5) is 4.39 Å². The number of amides is 2. The highest BCUT2D eigenvalue weighted by Crippen LogP contribution is 2.11. The summed E-state index contributed by atoms with van der Waals surface area (Å²) in [5, 5.41) is 12.0. The molecule has 2 N–H and O–H groups in total. The highest BCUT2D eigenvalue weighted by atomic mass is 19.1. The summed E-state index contributed by atoms with van der Waals surface area (Å²) in [6.07, 6.45) is 0.166. The Morgan fingerprint density at radius 2 is 1.64 bits per heavy atom. The Kier molecular flexibility index (Phi) is 6.51. The number of carbonyl (C=O) groups excluding carboxylic acids is 2. The standard InChI is InChI=1S/C19H21FN2O3/c1-2-22(19(25)11-14-5-9-17(23)10-6-14)13-18(24)21-12-15-3-7-16(20)8-4-15/h3-10,23H,2,11-13H2,1H3,(H,21,24). The smallest absolute Gasteiger partial charge is 0.239 e. The highest BCUT2D eigenvalue weighted by molar-refractivity contribution is 5.85. The molecule has 0 unspecified atom stereocenters. The normalized spacial score (nSPS) is 10.3. The fourth-order valence-electron chi connectivity index (χ4n) is 2.31. The van der Waals surface area contributed by atoms with E-state index in [0.29, 0.717) is 6.54 Å². The number of hydrogen-bond acceptors (Lipinski definition) is 3. The van der Waals surface area contributed by atoms with Crippen LogP contribution in [-0.2, 0) is 22.6 Å². The first-order valence-corrected chi connectivity index (χ1v) is 8.04. The van der Waals surface area contributed by atoms with Crippen molar-refractivity contribution in [1.82, 2.24) is 10.2 Å². The van der Waals surface area contributed by atoms with Crippen LogP contribution in [0.2, 0.25) is 0 Å². The van der Waals surface area contributed by atoms with Crippen molar-refractivity contribution in [3.8, 4) is 5.75 Å². The highest BCUT2D eigenvalue weighted by Gasteiger charge is 2.16. The second-order valence-corrected chi connectivity index (χ2v) is 5.65. The topological polar surface area (TPSA) is 69.6 Å². The average Bonchev–Trinajstić information content (AvgIpc) is 2.61. The minimum absolute atomic E-state index is 0.0331. The second kappa shape index (κ2) is 8.82. The van der Waals surface area contributed by atoms with Gasteiger partial charge in [0, 0.05) is 13.1 Å². The molecule has 0 aliphatic rings. The van der Waals surface area contributed by atoms with Crippen LogP contribution in [-0.4, -0.2) is 34.9 Å². The number of phenolic OH excluding ortho intramolecular Hbond substituents is 1. The summed E-state index contributed by atoms with van der Waals surface area (Å²) in [5.74, 6) is -0.619. The molecule has 0 bridgehead atoms. The quantitative estimate of drug-likeness (QED) is 0.809. The van der Waals surface area contributed by atoms with E-state index in [-0.39, 0.29) is 42.9 Å². The van der Waals surface area contributed by atoms with Gasteiger partial charge in [-0.15, -0.1) is 0 Å². The van der Waals surface area contributed by atoms with Crippen molar-refractivity contribution < 1.29 is 19.1 Å². The zero-order valence-electron chi connectivity index (χ0n) is 14.0. The maximum absolute atomic E-state index is 12.8. The summed E-state index contributed by atoms with van der Waals surface area (Å²) >= 11 is 0. The van der Waals surface area contributed by atoms with E-state index in [1.54, 1.807) is 24.3 Å². The molecule has 5 nitrogen and oxygen atoms in total. The van der Waals surface area contributed by atoms with Crippen LogP contribution in [0.1, 0.15) is 18.1 Å². The van der Waals surface area contributed by atoms with Gasteiger partial charge in [-0.05, 0) is 42.3 Å². The Hall–Kier alpha value is -2.89. The van der Waals surface area contributed by atoms with Crippen molar-refractivity contribution in [2.24, 2.45) is 0 Å². The molecule has 0 aromatic heterocycles. The van der Waals surface area contributed by atoms with Gasteiger partial charge in [-0.1, -0.05) is 24.3 Å². The molecule has 2 aromatic carbocycles. The number of phenols is 1. The number of aromatic hydroxyl groups is 1. The maximum atomic E-state index is 12.8. The number of halogens is 1. The molecule has 0 atom stereocenters. The SMILES string of the molecule is CCN(CC(=O)NCc1ccc(F)cc1)C(=O)Cc1ccc(O)cc1. The molecule has 2 aromatic rings. The van der Waals surface area contributed by atoms with Crippen LogP contribution in [0.3, 0.4) is 0 Å². The van der Waals surface area contributed by atoms with Gasteiger partial charge in [0.05, 0.1) is 13.0 Å². The lowest BCUT2D eigenvalue weighted by Crippen LogP contribution is -2.41. The van der Waals surface area contributed by atoms with Crippen molar-refractivity contribution in [1.29, 1.82) is 0 Å². The minimum Gasteiger partial charge on any atom is -0.508 e. The third kappa shape index (κ3) is 5.91. The molecule has 0 saturated heterocycles. The Balaban J connectivity index is 1.84. The Bertz CT molecular complexity index is 714. The molecule has 25 heavy (non-hydrogen) atoms. The molecule has 0 spiro atoms. The van der Waals surface area contributed by atoms with Crippen LogP contribution in [0, 0.1) is 5.82 Å². The van der Waals surface area contributed by atoms with Crippen molar-refractivity contribution in [2.45, 2.75) is 19.9 Å². The minimum atomic E-state index is -0.327. The lowest BCUT2D eigenvalue weighted by molar-refractivity contribution is -0.135. The first kappa shape index (κ1) is 18.4. The molecule has 2 rings (SSSR count). The number of carbonyl (C=O) groups is 2. The van der Waals surface area contributed by atoms with Gasteiger partial charge in [0.2, 0.25) is 11.8 Å². The predicted molar refractivity (Wildman–Crippen MR) is 92.3 cm³/mol. The Morgan fingerprint density at radius 1 is 1.04 bits per heavy atom. The van der Waals surface area contributed by atoms with E-state index in [9.17, 15) is 19.1 Å². The van der Waals surface area contributed by atoms with Crippen LogP contribution in [0.25, 0.3) is 0 Å². The van der Waals surface area contributed by atoms with Crippen LogP contribution < -0.4 is 5.32 Å². The van der Waals surface area contributed by atoms with Gasteiger partial charge in [-0.3, -0.25) is 9.59 Å². The zero-order valence-corrected chi connectivity index (χ0v) is 14.0. The van der Waals surface area contributed by atoms with Crippen LogP contribution in [0.15, 0.2) is 48.5 Å². The molecular formula is C19H21FN2O3. The van der Waals surface area contributed by atoms with Crippen molar-refractivity contribution in [3.05, 3.63) is 65.5 Å². The summed E-state index contributed by atoms with van der Waals surface area (Å²) in [5.41, 5.74) is 1.56. The molecule has 0 aliphatic carbocycles. The van der Waals surface area contributed by atoms with Crippen LogP contribution >= 0.6 is 0 Å². The molecule has 132 valence electrons. The van der Waals surface area contributed by atoms with Gasteiger partial charge in [-0.2, -0.15) is 0 Å². The number of benzene rings is 2. The molecule has 0 saturated carbocycles. The van der Waals surface area contributed by atoms with E-state index in [4.69, 9.17) is 0 Å². The van der Waals surface area contributed by atoms with Gasteiger partial charge in [-0.25, -0.2) is 4.39 Å². The third-order valence-electron chi connectivity index (χ3n) is 3.76. The summed E-state index contributed by atoms with van der Waals surface area (Å²) in [4.78, 5) is 25.8. The van der Waals surface area contributed by atoms with Gasteiger partial charge in [0.15, 0.2) is 0 Å². The van der Waals surface area contributed by atoms with E-state index in [1.165, 1.54) is 29.2 Å². The molecular weight excluding hydrogens is 323 g/mol.